The molecular weight excluding hydrogens is 252 g/mol. The molecule has 2 rings (SSSR count). The Hall–Kier alpha value is -1.55. The molecule has 2 N–H and O–H groups in total. The van der Waals surface area contributed by atoms with E-state index in [4.69, 9.17) is 0 Å². The summed E-state index contributed by atoms with van der Waals surface area (Å²) >= 11 is 0. The third-order valence-corrected chi connectivity index (χ3v) is 4.11. The number of benzene rings is 1. The Morgan fingerprint density at radius 2 is 1.90 bits per heavy atom. The van der Waals surface area contributed by atoms with Crippen molar-refractivity contribution in [1.82, 2.24) is 5.32 Å². The Bertz CT molecular complexity index is 442. The molecule has 1 aliphatic carbocycles. The summed E-state index contributed by atoms with van der Waals surface area (Å²) in [7, 11) is 3.95. The van der Waals surface area contributed by atoms with E-state index in [1.54, 1.807) is 0 Å². The first-order valence-corrected chi connectivity index (χ1v) is 7.31. The second-order valence-corrected chi connectivity index (χ2v) is 5.75. The second-order valence-electron chi connectivity index (χ2n) is 5.75. The number of nitrogens with zero attached hydrogens (tertiary/aromatic N) is 1. The average Bonchev–Trinajstić information content (AvgIpc) is 2.48. The molecule has 0 saturated heterocycles. The highest BCUT2D eigenvalue weighted by molar-refractivity contribution is 5.94. The number of aliphatic hydroxyl groups is 1. The minimum absolute atomic E-state index is 0.0411. The highest BCUT2D eigenvalue weighted by Gasteiger charge is 2.26. The molecule has 0 heterocycles. The van der Waals surface area contributed by atoms with Gasteiger partial charge in [-0.2, -0.15) is 0 Å². The predicted octanol–water partition coefficient (Wildman–Crippen LogP) is 2.03. The van der Waals surface area contributed by atoms with Crippen LogP contribution in [0, 0.1) is 5.92 Å². The van der Waals surface area contributed by atoms with Crippen molar-refractivity contribution in [2.24, 2.45) is 5.92 Å². The topological polar surface area (TPSA) is 52.6 Å². The van der Waals surface area contributed by atoms with Gasteiger partial charge < -0.3 is 15.3 Å². The van der Waals surface area contributed by atoms with Crippen LogP contribution < -0.4 is 10.2 Å². The molecule has 0 aliphatic heterocycles. The zero-order chi connectivity index (χ0) is 14.5. The molecule has 1 aliphatic rings. The highest BCUT2D eigenvalue weighted by atomic mass is 16.3. The standard InChI is InChI=1S/C16H24N2O2/c1-18(2)14-9-7-12(8-10-14)16(20)17-15-6-4-3-5-13(15)11-19/h7-10,13,15,19H,3-6,11H2,1-2H3,(H,17,20). The van der Waals surface area contributed by atoms with Crippen molar-refractivity contribution in [2.75, 3.05) is 25.6 Å². The van der Waals surface area contributed by atoms with Crippen LogP contribution in [0.1, 0.15) is 36.0 Å². The summed E-state index contributed by atoms with van der Waals surface area (Å²) < 4.78 is 0. The Morgan fingerprint density at radius 1 is 1.25 bits per heavy atom. The summed E-state index contributed by atoms with van der Waals surface area (Å²) in [6, 6.07) is 7.69. The fourth-order valence-corrected chi connectivity index (χ4v) is 2.78. The molecule has 1 amide bonds. The smallest absolute Gasteiger partial charge is 0.251 e. The Kier molecular flexibility index (Phi) is 5.01. The van der Waals surface area contributed by atoms with Gasteiger partial charge in [-0.15, -0.1) is 0 Å². The number of aliphatic hydroxyl groups excluding tert-OH is 1. The van der Waals surface area contributed by atoms with Gasteiger partial charge in [0.15, 0.2) is 0 Å². The molecule has 2 unspecified atom stereocenters. The summed E-state index contributed by atoms with van der Waals surface area (Å²) in [5.41, 5.74) is 1.75. The van der Waals surface area contributed by atoms with E-state index >= 15 is 0 Å². The minimum Gasteiger partial charge on any atom is -0.396 e. The number of carbonyl (C=O) groups excluding carboxylic acids is 1. The molecule has 1 aromatic rings. The van der Waals surface area contributed by atoms with Gasteiger partial charge >= 0.3 is 0 Å². The molecule has 0 bridgehead atoms. The predicted molar refractivity (Wildman–Crippen MR) is 81.1 cm³/mol. The molecule has 4 heteroatoms. The molecular formula is C16H24N2O2. The quantitative estimate of drug-likeness (QED) is 0.885. The highest BCUT2D eigenvalue weighted by Crippen LogP contribution is 2.24. The van der Waals surface area contributed by atoms with Gasteiger partial charge in [-0.05, 0) is 37.1 Å². The van der Waals surface area contributed by atoms with E-state index in [1.165, 1.54) is 0 Å². The first-order valence-electron chi connectivity index (χ1n) is 7.31. The van der Waals surface area contributed by atoms with Gasteiger partial charge in [0.05, 0.1) is 0 Å². The third-order valence-electron chi connectivity index (χ3n) is 4.11. The van der Waals surface area contributed by atoms with Gasteiger partial charge in [-0.1, -0.05) is 12.8 Å². The van der Waals surface area contributed by atoms with Crippen LogP contribution in [0.5, 0.6) is 0 Å². The number of nitrogens with one attached hydrogen (secondary N) is 1. The van der Waals surface area contributed by atoms with Crippen LogP contribution >= 0.6 is 0 Å². The van der Waals surface area contributed by atoms with Crippen molar-refractivity contribution in [3.05, 3.63) is 29.8 Å². The maximum atomic E-state index is 12.2. The van der Waals surface area contributed by atoms with Crippen molar-refractivity contribution in [3.63, 3.8) is 0 Å². The van der Waals surface area contributed by atoms with Crippen LogP contribution in [0.4, 0.5) is 5.69 Å². The fraction of sp³-hybridized carbons (Fsp3) is 0.562. The van der Waals surface area contributed by atoms with Crippen LogP contribution in [0.25, 0.3) is 0 Å². The number of hydrogen-bond donors (Lipinski definition) is 2. The number of rotatable bonds is 4. The van der Waals surface area contributed by atoms with Crippen LogP contribution in [0.2, 0.25) is 0 Å². The molecule has 110 valence electrons. The largest absolute Gasteiger partial charge is 0.396 e. The first kappa shape index (κ1) is 14.9. The van der Waals surface area contributed by atoms with E-state index in [-0.39, 0.29) is 24.5 Å². The van der Waals surface area contributed by atoms with E-state index in [1.807, 2.05) is 43.3 Å². The van der Waals surface area contributed by atoms with Crippen LogP contribution in [-0.2, 0) is 0 Å². The monoisotopic (exact) mass is 276 g/mol. The van der Waals surface area contributed by atoms with Gasteiger partial charge in [0.25, 0.3) is 5.91 Å². The first-order chi connectivity index (χ1) is 9.61. The van der Waals surface area contributed by atoms with E-state index < -0.39 is 0 Å². The Morgan fingerprint density at radius 3 is 2.50 bits per heavy atom. The molecule has 2 atom stereocenters. The normalized spacial score (nSPS) is 22.4. The maximum absolute atomic E-state index is 12.2. The van der Waals surface area contributed by atoms with Crippen LogP contribution in [0.3, 0.4) is 0 Å². The molecule has 1 saturated carbocycles. The van der Waals surface area contributed by atoms with Crippen molar-refractivity contribution in [2.45, 2.75) is 31.7 Å². The van der Waals surface area contributed by atoms with Gasteiger partial charge in [-0.25, -0.2) is 0 Å². The van der Waals surface area contributed by atoms with E-state index in [9.17, 15) is 9.90 Å². The molecule has 1 aromatic carbocycles. The molecule has 0 radical (unpaired) electrons. The molecule has 1 fully saturated rings. The van der Waals surface area contributed by atoms with Crippen molar-refractivity contribution in [3.8, 4) is 0 Å². The van der Waals surface area contributed by atoms with E-state index in [0.29, 0.717) is 5.56 Å². The molecule has 0 aromatic heterocycles. The molecule has 0 spiro atoms. The lowest BCUT2D eigenvalue weighted by atomic mass is 9.85. The second kappa shape index (κ2) is 6.75. The summed E-state index contributed by atoms with van der Waals surface area (Å²) in [6.45, 7) is 0.157. The van der Waals surface area contributed by atoms with Gasteiger partial charge in [0.2, 0.25) is 0 Å². The number of anilines is 1. The Balaban J connectivity index is 2.00. The zero-order valence-electron chi connectivity index (χ0n) is 12.3. The minimum atomic E-state index is -0.0411. The van der Waals surface area contributed by atoms with Crippen molar-refractivity contribution < 1.29 is 9.90 Å². The summed E-state index contributed by atoms with van der Waals surface area (Å²) in [5, 5.41) is 12.5. The van der Waals surface area contributed by atoms with Crippen molar-refractivity contribution in [1.29, 1.82) is 0 Å². The number of carbonyl (C=O) groups is 1. The van der Waals surface area contributed by atoms with E-state index in [0.717, 1.165) is 31.4 Å². The third kappa shape index (κ3) is 3.51. The lowest BCUT2D eigenvalue weighted by Crippen LogP contribution is -2.43. The summed E-state index contributed by atoms with van der Waals surface area (Å²) in [4.78, 5) is 14.3. The van der Waals surface area contributed by atoms with Crippen molar-refractivity contribution >= 4 is 11.6 Å². The lowest BCUT2D eigenvalue weighted by Gasteiger charge is -2.30. The zero-order valence-corrected chi connectivity index (χ0v) is 12.3. The molecule has 4 nitrogen and oxygen atoms in total. The lowest BCUT2D eigenvalue weighted by molar-refractivity contribution is 0.0872. The fourth-order valence-electron chi connectivity index (χ4n) is 2.78. The Labute approximate surface area is 120 Å². The number of amides is 1. The average molecular weight is 276 g/mol. The summed E-state index contributed by atoms with van der Waals surface area (Å²) in [6.07, 6.45) is 4.24. The van der Waals surface area contributed by atoms with Gasteiger partial charge in [0, 0.05) is 43.9 Å². The van der Waals surface area contributed by atoms with Crippen LogP contribution in [-0.4, -0.2) is 37.8 Å². The summed E-state index contributed by atoms with van der Waals surface area (Å²) in [5.74, 6) is 0.161. The maximum Gasteiger partial charge on any atom is 0.251 e. The van der Waals surface area contributed by atoms with E-state index in [2.05, 4.69) is 5.32 Å². The van der Waals surface area contributed by atoms with Crippen LogP contribution in [0.15, 0.2) is 24.3 Å². The van der Waals surface area contributed by atoms with Gasteiger partial charge in [-0.3, -0.25) is 4.79 Å². The van der Waals surface area contributed by atoms with Gasteiger partial charge in [0.1, 0.15) is 0 Å². The molecule has 20 heavy (non-hydrogen) atoms. The SMILES string of the molecule is CN(C)c1ccc(C(=O)NC2CCCCC2CO)cc1. The number of hydrogen-bond acceptors (Lipinski definition) is 3.